The van der Waals surface area contributed by atoms with Gasteiger partial charge in [-0.1, -0.05) is 0 Å². The summed E-state index contributed by atoms with van der Waals surface area (Å²) in [5, 5.41) is 2.46. The maximum absolute atomic E-state index is 12.8. The Labute approximate surface area is 166 Å². The van der Waals surface area contributed by atoms with Crippen LogP contribution in [0.2, 0.25) is 0 Å². The lowest BCUT2D eigenvalue weighted by Crippen LogP contribution is -2.41. The van der Waals surface area contributed by atoms with E-state index < -0.39 is 17.4 Å². The van der Waals surface area contributed by atoms with Crippen molar-refractivity contribution in [1.29, 1.82) is 0 Å². The number of fused-ring (bicyclic) bond motifs is 1. The van der Waals surface area contributed by atoms with E-state index in [0.29, 0.717) is 31.9 Å². The van der Waals surface area contributed by atoms with Gasteiger partial charge in [0, 0.05) is 25.7 Å². The SMILES string of the molecule is CCOC(=O)CCC(=O)Nc1cnc2c(C(=O)N3CCOCC3)cccn2c1=O. The molecule has 1 aliphatic heterocycles. The number of ether oxygens (including phenoxy) is 2. The molecule has 0 bridgehead atoms. The van der Waals surface area contributed by atoms with E-state index in [0.717, 1.165) is 0 Å². The quantitative estimate of drug-likeness (QED) is 0.697. The van der Waals surface area contributed by atoms with Crippen LogP contribution in [0, 0.1) is 0 Å². The molecule has 0 radical (unpaired) electrons. The third kappa shape index (κ3) is 4.77. The number of hydrogen-bond acceptors (Lipinski definition) is 7. The van der Waals surface area contributed by atoms with E-state index in [1.165, 1.54) is 16.8 Å². The van der Waals surface area contributed by atoms with E-state index in [-0.39, 0.29) is 36.7 Å². The maximum Gasteiger partial charge on any atom is 0.306 e. The average molecular weight is 402 g/mol. The Morgan fingerprint density at radius 3 is 2.72 bits per heavy atom. The van der Waals surface area contributed by atoms with Crippen molar-refractivity contribution in [2.75, 3.05) is 38.2 Å². The molecule has 1 fully saturated rings. The van der Waals surface area contributed by atoms with Gasteiger partial charge < -0.3 is 19.7 Å². The highest BCUT2D eigenvalue weighted by molar-refractivity contribution is 6.00. The molecule has 0 spiro atoms. The number of rotatable bonds is 6. The van der Waals surface area contributed by atoms with Crippen molar-refractivity contribution < 1.29 is 23.9 Å². The number of carbonyl (C=O) groups excluding carboxylic acids is 3. The first-order valence-corrected chi connectivity index (χ1v) is 9.34. The second-order valence-corrected chi connectivity index (χ2v) is 6.35. The molecule has 2 amide bonds. The Bertz CT molecular complexity index is 980. The zero-order valence-corrected chi connectivity index (χ0v) is 16.1. The Hall–Kier alpha value is -3.27. The lowest BCUT2D eigenvalue weighted by Gasteiger charge is -2.27. The summed E-state index contributed by atoms with van der Waals surface area (Å²) in [5.74, 6) is -1.22. The van der Waals surface area contributed by atoms with Gasteiger partial charge in [-0.25, -0.2) is 4.98 Å². The van der Waals surface area contributed by atoms with Crippen LogP contribution in [0.15, 0.2) is 29.3 Å². The number of carbonyl (C=O) groups is 3. The lowest BCUT2D eigenvalue weighted by molar-refractivity contribution is -0.144. The average Bonchev–Trinajstić information content (AvgIpc) is 2.74. The first-order chi connectivity index (χ1) is 14.0. The minimum Gasteiger partial charge on any atom is -0.466 e. The molecule has 0 atom stereocenters. The van der Waals surface area contributed by atoms with Gasteiger partial charge in [-0.15, -0.1) is 0 Å². The molecule has 2 aromatic rings. The standard InChI is InChI=1S/C19H22N4O6/c1-2-29-16(25)6-5-15(24)21-14-12-20-17-13(4-3-7-23(17)19(14)27)18(26)22-8-10-28-11-9-22/h3-4,7,12H,2,5-6,8-11H2,1H3,(H,21,24). The molecule has 1 saturated heterocycles. The molecule has 0 aliphatic carbocycles. The van der Waals surface area contributed by atoms with Crippen molar-refractivity contribution in [2.24, 2.45) is 0 Å². The largest absolute Gasteiger partial charge is 0.466 e. The summed E-state index contributed by atoms with van der Waals surface area (Å²) in [6.07, 6.45) is 2.50. The predicted octanol–water partition coefficient (Wildman–Crippen LogP) is 0.449. The van der Waals surface area contributed by atoms with Gasteiger partial charge in [-0.2, -0.15) is 0 Å². The molecule has 3 rings (SSSR count). The predicted molar refractivity (Wildman–Crippen MR) is 103 cm³/mol. The van der Waals surface area contributed by atoms with E-state index in [1.807, 2.05) is 0 Å². The number of esters is 1. The van der Waals surface area contributed by atoms with Crippen molar-refractivity contribution in [3.05, 3.63) is 40.4 Å². The van der Waals surface area contributed by atoms with Gasteiger partial charge in [0.25, 0.3) is 11.5 Å². The number of anilines is 1. The second kappa shape index (κ2) is 9.28. The molecule has 154 valence electrons. The molecule has 3 heterocycles. The van der Waals surface area contributed by atoms with Gasteiger partial charge in [0.05, 0.1) is 38.0 Å². The number of aromatic nitrogens is 2. The fraction of sp³-hybridized carbons (Fsp3) is 0.421. The highest BCUT2D eigenvalue weighted by Crippen LogP contribution is 2.13. The van der Waals surface area contributed by atoms with Crippen LogP contribution in [0.4, 0.5) is 5.69 Å². The van der Waals surface area contributed by atoms with Gasteiger partial charge in [-0.3, -0.25) is 23.6 Å². The summed E-state index contributed by atoms with van der Waals surface area (Å²) in [5.41, 5.74) is -0.0476. The fourth-order valence-electron chi connectivity index (χ4n) is 2.96. The topological polar surface area (TPSA) is 119 Å². The Kier molecular flexibility index (Phi) is 6.55. The summed E-state index contributed by atoms with van der Waals surface area (Å²) >= 11 is 0. The van der Waals surface area contributed by atoms with E-state index in [9.17, 15) is 19.2 Å². The van der Waals surface area contributed by atoms with Crippen molar-refractivity contribution in [3.8, 4) is 0 Å². The molecule has 1 aliphatic rings. The third-order valence-corrected chi connectivity index (χ3v) is 4.40. The summed E-state index contributed by atoms with van der Waals surface area (Å²) in [6.45, 7) is 3.79. The molecule has 0 saturated carbocycles. The minimum atomic E-state index is -0.517. The van der Waals surface area contributed by atoms with Crippen LogP contribution in [-0.4, -0.2) is 65.0 Å². The number of amides is 2. The Morgan fingerprint density at radius 2 is 2.00 bits per heavy atom. The van der Waals surface area contributed by atoms with Gasteiger partial charge >= 0.3 is 5.97 Å². The number of nitrogens with zero attached hydrogens (tertiary/aromatic N) is 3. The van der Waals surface area contributed by atoms with Crippen molar-refractivity contribution in [2.45, 2.75) is 19.8 Å². The molecular formula is C19H22N4O6. The fourth-order valence-corrected chi connectivity index (χ4v) is 2.96. The van der Waals surface area contributed by atoms with E-state index in [2.05, 4.69) is 10.3 Å². The van der Waals surface area contributed by atoms with Crippen LogP contribution in [0.1, 0.15) is 30.1 Å². The number of morpholine rings is 1. The Morgan fingerprint density at radius 1 is 1.24 bits per heavy atom. The van der Waals surface area contributed by atoms with Crippen molar-refractivity contribution in [3.63, 3.8) is 0 Å². The molecule has 1 N–H and O–H groups in total. The van der Waals surface area contributed by atoms with E-state index in [4.69, 9.17) is 9.47 Å². The summed E-state index contributed by atoms with van der Waals surface area (Å²) in [6, 6.07) is 3.19. The van der Waals surface area contributed by atoms with Crippen molar-refractivity contribution >= 4 is 29.1 Å². The van der Waals surface area contributed by atoms with Gasteiger partial charge in [-0.05, 0) is 19.1 Å². The normalized spacial score (nSPS) is 13.9. The van der Waals surface area contributed by atoms with Crippen LogP contribution in [-0.2, 0) is 19.1 Å². The van der Waals surface area contributed by atoms with E-state index in [1.54, 1.807) is 24.0 Å². The van der Waals surface area contributed by atoms with Crippen LogP contribution < -0.4 is 10.9 Å². The monoisotopic (exact) mass is 402 g/mol. The van der Waals surface area contributed by atoms with E-state index >= 15 is 0 Å². The second-order valence-electron chi connectivity index (χ2n) is 6.35. The molecule has 10 heteroatoms. The number of pyridine rings is 1. The lowest BCUT2D eigenvalue weighted by atomic mass is 10.2. The van der Waals surface area contributed by atoms with Crippen LogP contribution in [0.5, 0.6) is 0 Å². The van der Waals surface area contributed by atoms with Gasteiger partial charge in [0.15, 0.2) is 5.65 Å². The maximum atomic E-state index is 12.8. The van der Waals surface area contributed by atoms with Crippen LogP contribution in [0.25, 0.3) is 5.65 Å². The first kappa shape index (κ1) is 20.5. The highest BCUT2D eigenvalue weighted by atomic mass is 16.5. The van der Waals surface area contributed by atoms with Crippen LogP contribution in [0.3, 0.4) is 0 Å². The molecule has 0 unspecified atom stereocenters. The van der Waals surface area contributed by atoms with Crippen molar-refractivity contribution in [1.82, 2.24) is 14.3 Å². The van der Waals surface area contributed by atoms with Gasteiger partial charge in [0.2, 0.25) is 5.91 Å². The summed E-state index contributed by atoms with van der Waals surface area (Å²) < 4.78 is 11.2. The van der Waals surface area contributed by atoms with Crippen LogP contribution >= 0.6 is 0 Å². The summed E-state index contributed by atoms with van der Waals surface area (Å²) in [4.78, 5) is 54.8. The molecule has 10 nitrogen and oxygen atoms in total. The molecule has 29 heavy (non-hydrogen) atoms. The molecule has 0 aromatic carbocycles. The smallest absolute Gasteiger partial charge is 0.306 e. The minimum absolute atomic E-state index is 0.0349. The third-order valence-electron chi connectivity index (χ3n) is 4.40. The number of hydrogen-bond donors (Lipinski definition) is 1. The molecular weight excluding hydrogens is 380 g/mol. The Balaban J connectivity index is 1.79. The first-order valence-electron chi connectivity index (χ1n) is 9.34. The molecule has 2 aromatic heterocycles. The number of nitrogens with one attached hydrogen (secondary N) is 1. The summed E-state index contributed by atoms with van der Waals surface area (Å²) in [7, 11) is 0. The highest BCUT2D eigenvalue weighted by Gasteiger charge is 2.22. The zero-order chi connectivity index (χ0) is 20.8. The van der Waals surface area contributed by atoms with Gasteiger partial charge in [0.1, 0.15) is 5.69 Å². The zero-order valence-electron chi connectivity index (χ0n) is 16.1.